The number of hydrogen-bond acceptors (Lipinski definition) is 6. The lowest BCUT2D eigenvalue weighted by Crippen LogP contribution is -2.28. The Morgan fingerprint density at radius 3 is 2.64 bits per heavy atom. The SMILES string of the molecule is CCc1nc2cc(S(=O)(=O)N(C)c3ncccn3)ccc2o1. The van der Waals surface area contributed by atoms with Gasteiger partial charge in [-0.05, 0) is 24.3 Å². The molecule has 0 spiro atoms. The Morgan fingerprint density at radius 1 is 1.23 bits per heavy atom. The molecule has 0 aliphatic rings. The maximum absolute atomic E-state index is 12.6. The van der Waals surface area contributed by atoms with Crippen LogP contribution in [0.25, 0.3) is 11.1 Å². The van der Waals surface area contributed by atoms with Crippen molar-refractivity contribution in [2.45, 2.75) is 18.2 Å². The summed E-state index contributed by atoms with van der Waals surface area (Å²) in [7, 11) is -2.34. The molecule has 3 rings (SSSR count). The van der Waals surface area contributed by atoms with Crippen molar-refractivity contribution in [2.24, 2.45) is 0 Å². The van der Waals surface area contributed by atoms with Crippen LogP contribution in [-0.4, -0.2) is 30.4 Å². The first kappa shape index (κ1) is 14.5. The number of hydrogen-bond donors (Lipinski definition) is 0. The van der Waals surface area contributed by atoms with Crippen LogP contribution in [0.5, 0.6) is 0 Å². The number of sulfonamides is 1. The number of anilines is 1. The second kappa shape index (κ2) is 5.38. The van der Waals surface area contributed by atoms with Crippen LogP contribution < -0.4 is 4.31 Å². The van der Waals surface area contributed by atoms with Gasteiger partial charge in [-0.15, -0.1) is 0 Å². The molecule has 0 bridgehead atoms. The average molecular weight is 318 g/mol. The molecular formula is C14H14N4O3S. The van der Waals surface area contributed by atoms with Gasteiger partial charge in [0.15, 0.2) is 11.5 Å². The van der Waals surface area contributed by atoms with Gasteiger partial charge >= 0.3 is 0 Å². The lowest BCUT2D eigenvalue weighted by Gasteiger charge is -2.16. The zero-order valence-corrected chi connectivity index (χ0v) is 12.9. The number of aromatic nitrogens is 3. The van der Waals surface area contributed by atoms with Crippen LogP contribution in [-0.2, 0) is 16.4 Å². The summed E-state index contributed by atoms with van der Waals surface area (Å²) in [5, 5.41) is 0. The Morgan fingerprint density at radius 2 is 1.95 bits per heavy atom. The number of rotatable bonds is 4. The Hall–Kier alpha value is -2.48. The van der Waals surface area contributed by atoms with Crippen molar-refractivity contribution in [1.82, 2.24) is 15.0 Å². The van der Waals surface area contributed by atoms with Crippen molar-refractivity contribution in [3.63, 3.8) is 0 Å². The van der Waals surface area contributed by atoms with Gasteiger partial charge in [-0.25, -0.2) is 27.7 Å². The molecule has 0 saturated heterocycles. The Labute approximate surface area is 127 Å². The molecule has 0 fully saturated rings. The van der Waals surface area contributed by atoms with E-state index in [0.29, 0.717) is 23.4 Å². The van der Waals surface area contributed by atoms with Gasteiger partial charge in [0.1, 0.15) is 5.52 Å². The zero-order chi connectivity index (χ0) is 15.7. The molecule has 7 nitrogen and oxygen atoms in total. The molecule has 2 heterocycles. The molecular weight excluding hydrogens is 304 g/mol. The number of benzene rings is 1. The molecule has 0 amide bonds. The van der Waals surface area contributed by atoms with E-state index in [1.54, 1.807) is 12.1 Å². The van der Waals surface area contributed by atoms with E-state index >= 15 is 0 Å². The van der Waals surface area contributed by atoms with Gasteiger partial charge in [-0.2, -0.15) is 0 Å². The van der Waals surface area contributed by atoms with Crippen LogP contribution in [0.4, 0.5) is 5.95 Å². The number of fused-ring (bicyclic) bond motifs is 1. The van der Waals surface area contributed by atoms with Crippen molar-refractivity contribution in [3.05, 3.63) is 42.5 Å². The predicted octanol–water partition coefficient (Wildman–Crippen LogP) is 2.01. The molecule has 0 N–H and O–H groups in total. The number of oxazole rings is 1. The third kappa shape index (κ3) is 2.41. The summed E-state index contributed by atoms with van der Waals surface area (Å²) in [6, 6.07) is 6.21. The van der Waals surface area contributed by atoms with E-state index in [4.69, 9.17) is 4.42 Å². The summed E-state index contributed by atoms with van der Waals surface area (Å²) in [6.45, 7) is 1.92. The third-order valence-corrected chi connectivity index (χ3v) is 4.93. The van der Waals surface area contributed by atoms with Gasteiger partial charge in [0.2, 0.25) is 5.95 Å². The number of aryl methyl sites for hydroxylation is 1. The van der Waals surface area contributed by atoms with Crippen LogP contribution >= 0.6 is 0 Å². The average Bonchev–Trinajstić information content (AvgIpc) is 2.97. The Balaban J connectivity index is 2.05. The first-order valence-corrected chi connectivity index (χ1v) is 8.12. The summed E-state index contributed by atoms with van der Waals surface area (Å²) in [5.41, 5.74) is 1.08. The monoisotopic (exact) mass is 318 g/mol. The number of nitrogens with zero attached hydrogens (tertiary/aromatic N) is 4. The van der Waals surface area contributed by atoms with Crippen LogP contribution in [0.1, 0.15) is 12.8 Å². The lowest BCUT2D eigenvalue weighted by atomic mass is 10.3. The van der Waals surface area contributed by atoms with Crippen molar-refractivity contribution in [3.8, 4) is 0 Å². The van der Waals surface area contributed by atoms with E-state index in [-0.39, 0.29) is 10.8 Å². The molecule has 0 aliphatic carbocycles. The quantitative estimate of drug-likeness (QED) is 0.731. The fraction of sp³-hybridized carbons (Fsp3) is 0.214. The van der Waals surface area contributed by atoms with Gasteiger partial charge in [-0.3, -0.25) is 0 Å². The van der Waals surface area contributed by atoms with E-state index in [0.717, 1.165) is 4.31 Å². The van der Waals surface area contributed by atoms with Gasteiger partial charge in [0.05, 0.1) is 4.90 Å². The molecule has 0 unspecified atom stereocenters. The van der Waals surface area contributed by atoms with E-state index in [9.17, 15) is 8.42 Å². The van der Waals surface area contributed by atoms with Crippen molar-refractivity contribution >= 4 is 27.1 Å². The standard InChI is InChI=1S/C14H14N4O3S/c1-3-13-17-11-9-10(5-6-12(11)21-13)22(19,20)18(2)14-15-7-4-8-16-14/h4-9H,3H2,1-2H3. The highest BCUT2D eigenvalue weighted by Gasteiger charge is 2.24. The highest BCUT2D eigenvalue weighted by molar-refractivity contribution is 7.92. The van der Waals surface area contributed by atoms with Crippen LogP contribution in [0.3, 0.4) is 0 Å². The van der Waals surface area contributed by atoms with Crippen molar-refractivity contribution in [2.75, 3.05) is 11.4 Å². The molecule has 2 aromatic heterocycles. The topological polar surface area (TPSA) is 89.2 Å². The molecule has 3 aromatic rings. The summed E-state index contributed by atoms with van der Waals surface area (Å²) in [4.78, 5) is 12.3. The van der Waals surface area contributed by atoms with Gasteiger partial charge in [0.25, 0.3) is 10.0 Å². The van der Waals surface area contributed by atoms with Gasteiger partial charge < -0.3 is 4.42 Å². The summed E-state index contributed by atoms with van der Waals surface area (Å²) >= 11 is 0. The molecule has 1 aromatic carbocycles. The summed E-state index contributed by atoms with van der Waals surface area (Å²) in [6.07, 6.45) is 3.62. The maximum Gasteiger partial charge on any atom is 0.266 e. The highest BCUT2D eigenvalue weighted by Crippen LogP contribution is 2.23. The molecule has 114 valence electrons. The van der Waals surface area contributed by atoms with Crippen LogP contribution in [0.2, 0.25) is 0 Å². The minimum Gasteiger partial charge on any atom is -0.441 e. The van der Waals surface area contributed by atoms with Crippen LogP contribution in [0.15, 0.2) is 46.0 Å². The van der Waals surface area contributed by atoms with E-state index < -0.39 is 10.0 Å². The molecule has 0 aliphatic heterocycles. The largest absolute Gasteiger partial charge is 0.441 e. The maximum atomic E-state index is 12.6. The Kier molecular flexibility index (Phi) is 3.53. The molecule has 22 heavy (non-hydrogen) atoms. The Bertz CT molecular complexity index is 906. The second-order valence-electron chi connectivity index (χ2n) is 4.61. The molecule has 0 saturated carbocycles. The van der Waals surface area contributed by atoms with E-state index in [1.165, 1.54) is 31.6 Å². The molecule has 0 atom stereocenters. The van der Waals surface area contributed by atoms with Crippen molar-refractivity contribution in [1.29, 1.82) is 0 Å². The minimum absolute atomic E-state index is 0.108. The fourth-order valence-electron chi connectivity index (χ4n) is 1.99. The van der Waals surface area contributed by atoms with Gasteiger partial charge in [-0.1, -0.05) is 6.92 Å². The first-order valence-electron chi connectivity index (χ1n) is 6.68. The normalized spacial score (nSPS) is 11.7. The zero-order valence-electron chi connectivity index (χ0n) is 12.1. The van der Waals surface area contributed by atoms with Crippen molar-refractivity contribution < 1.29 is 12.8 Å². The summed E-state index contributed by atoms with van der Waals surface area (Å²) in [5.74, 6) is 0.682. The second-order valence-corrected chi connectivity index (χ2v) is 6.58. The predicted molar refractivity (Wildman–Crippen MR) is 81.0 cm³/mol. The summed E-state index contributed by atoms with van der Waals surface area (Å²) < 4.78 is 31.8. The van der Waals surface area contributed by atoms with E-state index in [2.05, 4.69) is 15.0 Å². The smallest absolute Gasteiger partial charge is 0.266 e. The third-order valence-electron chi connectivity index (χ3n) is 3.20. The lowest BCUT2D eigenvalue weighted by molar-refractivity contribution is 0.538. The minimum atomic E-state index is -3.75. The van der Waals surface area contributed by atoms with Crippen LogP contribution in [0, 0.1) is 0 Å². The van der Waals surface area contributed by atoms with E-state index in [1.807, 2.05) is 6.92 Å². The fourth-order valence-corrected chi connectivity index (χ4v) is 3.11. The first-order chi connectivity index (χ1) is 10.5. The van der Waals surface area contributed by atoms with Gasteiger partial charge in [0, 0.05) is 25.9 Å². The molecule has 8 heteroatoms. The highest BCUT2D eigenvalue weighted by atomic mass is 32.2. The molecule has 0 radical (unpaired) electrons.